The van der Waals surface area contributed by atoms with Crippen molar-refractivity contribution >= 4 is 44.4 Å². The van der Waals surface area contributed by atoms with Gasteiger partial charge >= 0.3 is 0 Å². The predicted molar refractivity (Wildman–Crippen MR) is 131 cm³/mol. The Morgan fingerprint density at radius 2 is 1.58 bits per heavy atom. The van der Waals surface area contributed by atoms with Gasteiger partial charge in [-0.15, -0.1) is 11.8 Å². The lowest BCUT2D eigenvalue weighted by molar-refractivity contribution is 0.0747. The maximum absolute atomic E-state index is 13.0. The number of fused-ring (bicyclic) bond motifs is 1. The number of thioether (sulfide) groups is 1. The summed E-state index contributed by atoms with van der Waals surface area (Å²) in [6.07, 6.45) is 2.09. The number of piperazine rings is 1. The number of anilines is 1. The Morgan fingerprint density at radius 3 is 2.29 bits per heavy atom. The van der Waals surface area contributed by atoms with Crippen LogP contribution in [0.3, 0.4) is 0 Å². The lowest BCUT2D eigenvalue weighted by atomic mass is 10.0. The van der Waals surface area contributed by atoms with Crippen LogP contribution < -0.4 is 4.90 Å². The van der Waals surface area contributed by atoms with E-state index in [4.69, 9.17) is 4.98 Å². The Hall–Kier alpha value is -2.83. The number of benzene rings is 3. The van der Waals surface area contributed by atoms with Crippen LogP contribution in [0.2, 0.25) is 0 Å². The first-order valence-corrected chi connectivity index (χ1v) is 12.4. The van der Waals surface area contributed by atoms with Gasteiger partial charge in [0.15, 0.2) is 5.13 Å². The zero-order valence-electron chi connectivity index (χ0n) is 17.3. The highest BCUT2D eigenvalue weighted by molar-refractivity contribution is 7.98. The van der Waals surface area contributed by atoms with Gasteiger partial charge in [0, 0.05) is 36.6 Å². The number of para-hydroxylation sites is 1. The number of aromatic nitrogens is 1. The maximum atomic E-state index is 13.0. The standard InChI is InChI=1S/C25H23N3OS2/c1-30-21-8-5-9-22-23(21)26-25(31-22)28-16-14-27(15-17-28)24(29)20-12-10-19(11-13-20)18-6-3-2-4-7-18/h2-13H,14-17H2,1H3. The number of hydrogen-bond donors (Lipinski definition) is 0. The molecule has 1 aromatic heterocycles. The molecule has 1 fully saturated rings. The number of thiazole rings is 1. The van der Waals surface area contributed by atoms with E-state index in [1.54, 1.807) is 23.1 Å². The summed E-state index contributed by atoms with van der Waals surface area (Å²) in [5.41, 5.74) is 4.13. The number of hydrogen-bond acceptors (Lipinski definition) is 5. The van der Waals surface area contributed by atoms with Gasteiger partial charge in [-0.25, -0.2) is 4.98 Å². The Morgan fingerprint density at radius 1 is 0.871 bits per heavy atom. The molecule has 0 N–H and O–H groups in total. The van der Waals surface area contributed by atoms with Crippen LogP contribution in [0.4, 0.5) is 5.13 Å². The van der Waals surface area contributed by atoms with E-state index in [0.29, 0.717) is 13.1 Å². The second kappa shape index (κ2) is 8.73. The number of carbonyl (C=O) groups is 1. The first kappa shape index (κ1) is 20.1. The minimum Gasteiger partial charge on any atom is -0.345 e. The molecule has 1 saturated heterocycles. The third-order valence-electron chi connectivity index (χ3n) is 5.67. The average Bonchev–Trinajstić information content (AvgIpc) is 3.29. The van der Waals surface area contributed by atoms with Gasteiger partial charge in [0.1, 0.15) is 0 Å². The lowest BCUT2D eigenvalue weighted by Crippen LogP contribution is -2.48. The average molecular weight is 446 g/mol. The van der Waals surface area contributed by atoms with Gasteiger partial charge in [-0.3, -0.25) is 4.79 Å². The first-order chi connectivity index (χ1) is 15.2. The molecule has 5 rings (SSSR count). The summed E-state index contributed by atoms with van der Waals surface area (Å²) in [5.74, 6) is 0.105. The van der Waals surface area contributed by atoms with Crippen molar-refractivity contribution in [1.29, 1.82) is 0 Å². The van der Waals surface area contributed by atoms with Crippen LogP contribution in [0.25, 0.3) is 21.3 Å². The van der Waals surface area contributed by atoms with Gasteiger partial charge in [0.25, 0.3) is 5.91 Å². The van der Waals surface area contributed by atoms with E-state index in [2.05, 4.69) is 41.5 Å². The normalized spacial score (nSPS) is 14.2. The van der Waals surface area contributed by atoms with Gasteiger partial charge in [-0.05, 0) is 41.6 Å². The van der Waals surface area contributed by atoms with Gasteiger partial charge in [0.05, 0.1) is 10.2 Å². The van der Waals surface area contributed by atoms with Crippen LogP contribution in [0.1, 0.15) is 10.4 Å². The van der Waals surface area contributed by atoms with Crippen LogP contribution >= 0.6 is 23.1 Å². The van der Waals surface area contributed by atoms with Crippen molar-refractivity contribution in [3.8, 4) is 11.1 Å². The SMILES string of the molecule is CSc1cccc2sc(N3CCN(C(=O)c4ccc(-c5ccccc5)cc4)CC3)nc12. The molecular weight excluding hydrogens is 422 g/mol. The highest BCUT2D eigenvalue weighted by Crippen LogP contribution is 2.34. The Kier molecular flexibility index (Phi) is 5.66. The van der Waals surface area contributed by atoms with Gasteiger partial charge in [0.2, 0.25) is 0 Å². The van der Waals surface area contributed by atoms with E-state index in [-0.39, 0.29) is 5.91 Å². The zero-order valence-corrected chi connectivity index (χ0v) is 19.0. The van der Waals surface area contributed by atoms with Gasteiger partial charge in [-0.2, -0.15) is 0 Å². The molecule has 0 saturated carbocycles. The largest absolute Gasteiger partial charge is 0.345 e. The van der Waals surface area contributed by atoms with E-state index in [1.165, 1.54) is 9.60 Å². The number of rotatable bonds is 4. The van der Waals surface area contributed by atoms with E-state index in [1.807, 2.05) is 47.4 Å². The van der Waals surface area contributed by atoms with Crippen molar-refractivity contribution in [2.45, 2.75) is 4.90 Å². The molecule has 1 amide bonds. The van der Waals surface area contributed by atoms with E-state index in [9.17, 15) is 4.79 Å². The van der Waals surface area contributed by atoms with E-state index >= 15 is 0 Å². The fraction of sp³-hybridized carbons (Fsp3) is 0.200. The van der Waals surface area contributed by atoms with Crippen molar-refractivity contribution in [2.75, 3.05) is 37.3 Å². The molecule has 0 radical (unpaired) electrons. The minimum atomic E-state index is 0.105. The third kappa shape index (κ3) is 4.05. The summed E-state index contributed by atoms with van der Waals surface area (Å²) in [7, 11) is 0. The van der Waals surface area contributed by atoms with Crippen molar-refractivity contribution < 1.29 is 4.79 Å². The summed E-state index contributed by atoms with van der Waals surface area (Å²) in [5, 5.41) is 1.05. The molecule has 4 aromatic rings. The predicted octanol–water partition coefficient (Wildman–Crippen LogP) is 5.65. The highest BCUT2D eigenvalue weighted by atomic mass is 32.2. The molecule has 156 valence electrons. The number of amides is 1. The van der Waals surface area contributed by atoms with Gasteiger partial charge in [-0.1, -0.05) is 59.9 Å². The number of nitrogens with zero attached hydrogens (tertiary/aromatic N) is 3. The summed E-state index contributed by atoms with van der Waals surface area (Å²) in [6, 6.07) is 24.5. The fourth-order valence-electron chi connectivity index (χ4n) is 3.93. The molecule has 0 atom stereocenters. The monoisotopic (exact) mass is 445 g/mol. The molecule has 0 aliphatic carbocycles. The molecule has 3 aromatic carbocycles. The Labute approximate surface area is 190 Å². The number of carbonyl (C=O) groups excluding carboxylic acids is 1. The van der Waals surface area contributed by atoms with E-state index in [0.717, 1.165) is 40.4 Å². The molecule has 0 unspecified atom stereocenters. The van der Waals surface area contributed by atoms with E-state index < -0.39 is 0 Å². The van der Waals surface area contributed by atoms with Crippen molar-refractivity contribution in [1.82, 2.24) is 9.88 Å². The molecule has 4 nitrogen and oxygen atoms in total. The van der Waals surface area contributed by atoms with Crippen LogP contribution in [0.5, 0.6) is 0 Å². The Balaban J connectivity index is 1.26. The quantitative estimate of drug-likeness (QED) is 0.381. The van der Waals surface area contributed by atoms with Crippen LogP contribution in [0, 0.1) is 0 Å². The molecule has 31 heavy (non-hydrogen) atoms. The van der Waals surface area contributed by atoms with Crippen molar-refractivity contribution in [3.63, 3.8) is 0 Å². The molecule has 0 bridgehead atoms. The molecule has 2 heterocycles. The minimum absolute atomic E-state index is 0.105. The molecular formula is C25H23N3OS2. The smallest absolute Gasteiger partial charge is 0.253 e. The molecule has 0 spiro atoms. The first-order valence-electron chi connectivity index (χ1n) is 10.4. The topological polar surface area (TPSA) is 36.4 Å². The molecule has 1 aliphatic rings. The summed E-state index contributed by atoms with van der Waals surface area (Å²) in [6.45, 7) is 3.04. The summed E-state index contributed by atoms with van der Waals surface area (Å²) >= 11 is 3.47. The summed E-state index contributed by atoms with van der Waals surface area (Å²) in [4.78, 5) is 23.4. The Bertz CT molecular complexity index is 1200. The maximum Gasteiger partial charge on any atom is 0.253 e. The van der Waals surface area contributed by atoms with Crippen molar-refractivity contribution in [3.05, 3.63) is 78.4 Å². The lowest BCUT2D eigenvalue weighted by Gasteiger charge is -2.34. The second-order valence-corrected chi connectivity index (χ2v) is 9.38. The zero-order chi connectivity index (χ0) is 21.2. The highest BCUT2D eigenvalue weighted by Gasteiger charge is 2.24. The van der Waals surface area contributed by atoms with Crippen LogP contribution in [0.15, 0.2) is 77.7 Å². The molecule has 1 aliphatic heterocycles. The fourth-order valence-corrected chi connectivity index (χ4v) is 5.60. The molecule has 6 heteroatoms. The third-order valence-corrected chi connectivity index (χ3v) is 7.52. The second-order valence-electron chi connectivity index (χ2n) is 7.53. The van der Waals surface area contributed by atoms with Gasteiger partial charge < -0.3 is 9.80 Å². The van der Waals surface area contributed by atoms with Crippen molar-refractivity contribution in [2.24, 2.45) is 0 Å². The van der Waals surface area contributed by atoms with Crippen LogP contribution in [-0.2, 0) is 0 Å². The summed E-state index contributed by atoms with van der Waals surface area (Å²) < 4.78 is 1.22. The van der Waals surface area contributed by atoms with Crippen LogP contribution in [-0.4, -0.2) is 48.2 Å².